The molecule has 0 unspecified atom stereocenters. The summed E-state index contributed by atoms with van der Waals surface area (Å²) in [5, 5.41) is 13.5. The fraction of sp³-hybridized carbons (Fsp3) is 0. The number of rotatable bonds is 0. The van der Waals surface area contributed by atoms with Gasteiger partial charge in [0, 0.05) is 20.6 Å². The van der Waals surface area contributed by atoms with Crippen LogP contribution in [0.25, 0.3) is 32.7 Å². The number of fused-ring (bicyclic) bond motifs is 5. The van der Waals surface area contributed by atoms with Crippen molar-refractivity contribution in [2.24, 2.45) is 0 Å². The van der Waals surface area contributed by atoms with Crippen molar-refractivity contribution < 1.29 is 4.42 Å². The van der Waals surface area contributed by atoms with Gasteiger partial charge >= 0.3 is 0 Å². The Morgan fingerprint density at radius 3 is 2.50 bits per heavy atom. The van der Waals surface area contributed by atoms with Crippen LogP contribution in [0.3, 0.4) is 0 Å². The van der Waals surface area contributed by atoms with Gasteiger partial charge in [-0.05, 0) is 29.7 Å². The van der Waals surface area contributed by atoms with Gasteiger partial charge in [-0.3, -0.25) is 0 Å². The molecule has 0 bridgehead atoms. The maximum absolute atomic E-state index is 9.31. The zero-order valence-electron chi connectivity index (χ0n) is 10.4. The predicted octanol–water partition coefficient (Wildman–Crippen LogP) is 5.37. The van der Waals surface area contributed by atoms with E-state index in [2.05, 4.69) is 28.1 Å². The molecule has 1 heterocycles. The third-order valence-electron chi connectivity index (χ3n) is 3.56. The largest absolute Gasteiger partial charge is 0.456 e. The van der Waals surface area contributed by atoms with E-state index in [4.69, 9.17) is 4.42 Å². The van der Waals surface area contributed by atoms with Crippen LogP contribution in [0, 0.1) is 11.3 Å². The van der Waals surface area contributed by atoms with Crippen molar-refractivity contribution in [3.63, 3.8) is 0 Å². The molecule has 0 saturated heterocycles. The Labute approximate surface area is 123 Å². The van der Waals surface area contributed by atoms with Crippen LogP contribution in [-0.2, 0) is 0 Å². The summed E-state index contributed by atoms with van der Waals surface area (Å²) >= 11 is 3.50. The molecule has 0 fully saturated rings. The van der Waals surface area contributed by atoms with Crippen molar-refractivity contribution in [2.75, 3.05) is 0 Å². The number of nitriles is 1. The molecular weight excluding hydrogens is 314 g/mol. The van der Waals surface area contributed by atoms with E-state index < -0.39 is 0 Å². The summed E-state index contributed by atoms with van der Waals surface area (Å²) in [6.45, 7) is 0. The quantitative estimate of drug-likeness (QED) is 0.436. The molecule has 3 heteroatoms. The maximum Gasteiger partial charge on any atom is 0.137 e. The van der Waals surface area contributed by atoms with Gasteiger partial charge in [0.25, 0.3) is 0 Å². The number of halogens is 1. The summed E-state index contributed by atoms with van der Waals surface area (Å²) in [6.07, 6.45) is 0. The van der Waals surface area contributed by atoms with Gasteiger partial charge in [0.1, 0.15) is 11.2 Å². The van der Waals surface area contributed by atoms with Crippen LogP contribution in [0.5, 0.6) is 0 Å². The number of nitrogens with zero attached hydrogens (tertiary/aromatic N) is 1. The third-order valence-corrected chi connectivity index (χ3v) is 4.05. The van der Waals surface area contributed by atoms with Crippen LogP contribution in [0.4, 0.5) is 0 Å². The first kappa shape index (κ1) is 11.5. The van der Waals surface area contributed by atoms with Gasteiger partial charge < -0.3 is 4.42 Å². The van der Waals surface area contributed by atoms with Crippen LogP contribution in [-0.4, -0.2) is 0 Å². The van der Waals surface area contributed by atoms with Crippen molar-refractivity contribution in [1.29, 1.82) is 5.26 Å². The molecule has 0 N–H and O–H groups in total. The molecule has 4 aromatic rings. The summed E-state index contributed by atoms with van der Waals surface area (Å²) in [6, 6.07) is 18.0. The molecule has 3 aromatic carbocycles. The lowest BCUT2D eigenvalue weighted by Crippen LogP contribution is -1.80. The second-order valence-electron chi connectivity index (χ2n) is 4.70. The number of benzene rings is 3. The lowest BCUT2D eigenvalue weighted by atomic mass is 10.00. The van der Waals surface area contributed by atoms with Gasteiger partial charge in [-0.1, -0.05) is 40.2 Å². The van der Waals surface area contributed by atoms with Crippen LogP contribution in [0.1, 0.15) is 5.56 Å². The molecule has 4 rings (SSSR count). The Kier molecular flexibility index (Phi) is 2.35. The Hall–Kier alpha value is -2.31. The molecule has 1 aromatic heterocycles. The van der Waals surface area contributed by atoms with E-state index in [0.29, 0.717) is 5.56 Å². The molecule has 0 aliphatic carbocycles. The molecule has 0 atom stereocenters. The highest BCUT2D eigenvalue weighted by atomic mass is 79.9. The Balaban J connectivity index is 2.36. The van der Waals surface area contributed by atoms with Crippen molar-refractivity contribution in [3.8, 4) is 6.07 Å². The van der Waals surface area contributed by atoms with Gasteiger partial charge in [0.15, 0.2) is 0 Å². The first-order chi connectivity index (χ1) is 9.78. The zero-order chi connectivity index (χ0) is 13.7. The highest BCUT2D eigenvalue weighted by Crippen LogP contribution is 2.37. The first-order valence-electron chi connectivity index (χ1n) is 6.21. The van der Waals surface area contributed by atoms with Crippen molar-refractivity contribution >= 4 is 48.6 Å². The summed E-state index contributed by atoms with van der Waals surface area (Å²) in [5.41, 5.74) is 2.24. The molecule has 0 aliphatic heterocycles. The average Bonchev–Trinajstić information content (AvgIpc) is 2.84. The second-order valence-corrected chi connectivity index (χ2v) is 5.61. The van der Waals surface area contributed by atoms with Crippen LogP contribution < -0.4 is 0 Å². The first-order valence-corrected chi connectivity index (χ1v) is 7.01. The lowest BCUT2D eigenvalue weighted by Gasteiger charge is -2.01. The number of hydrogen-bond donors (Lipinski definition) is 0. The van der Waals surface area contributed by atoms with E-state index in [0.717, 1.165) is 37.2 Å². The van der Waals surface area contributed by atoms with Gasteiger partial charge in [0.05, 0.1) is 11.6 Å². The number of furan rings is 1. The molecule has 2 nitrogen and oxygen atoms in total. The Morgan fingerprint density at radius 2 is 1.70 bits per heavy atom. The van der Waals surface area contributed by atoms with Gasteiger partial charge in [0.2, 0.25) is 0 Å². The molecule has 0 spiro atoms. The highest BCUT2D eigenvalue weighted by molar-refractivity contribution is 9.10. The van der Waals surface area contributed by atoms with Gasteiger partial charge in [-0.25, -0.2) is 0 Å². The summed E-state index contributed by atoms with van der Waals surface area (Å²) in [5.74, 6) is 0. The van der Waals surface area contributed by atoms with Crippen molar-refractivity contribution in [3.05, 3.63) is 58.6 Å². The fourth-order valence-electron chi connectivity index (χ4n) is 2.71. The highest BCUT2D eigenvalue weighted by Gasteiger charge is 2.13. The molecule has 0 saturated carbocycles. The molecule has 0 radical (unpaired) electrons. The van der Waals surface area contributed by atoms with E-state index in [9.17, 15) is 5.26 Å². The van der Waals surface area contributed by atoms with Crippen molar-refractivity contribution in [1.82, 2.24) is 0 Å². The third kappa shape index (κ3) is 1.49. The minimum Gasteiger partial charge on any atom is -0.456 e. The SMILES string of the molecule is N#Cc1cc2oc3ccc(Br)cc3c2c2ccccc12. The van der Waals surface area contributed by atoms with E-state index in [1.54, 1.807) is 0 Å². The summed E-state index contributed by atoms with van der Waals surface area (Å²) in [7, 11) is 0. The lowest BCUT2D eigenvalue weighted by molar-refractivity contribution is 0.669. The molecule has 0 amide bonds. The summed E-state index contributed by atoms with van der Waals surface area (Å²) < 4.78 is 6.90. The van der Waals surface area contributed by atoms with Gasteiger partial charge in [-0.15, -0.1) is 0 Å². The van der Waals surface area contributed by atoms with Crippen LogP contribution in [0.2, 0.25) is 0 Å². The van der Waals surface area contributed by atoms with E-state index >= 15 is 0 Å². The molecule has 20 heavy (non-hydrogen) atoms. The fourth-order valence-corrected chi connectivity index (χ4v) is 3.07. The number of hydrogen-bond acceptors (Lipinski definition) is 2. The standard InChI is InChI=1S/C17H8BrNO/c18-11-5-6-15-14(8-11)17-13-4-2-1-3-12(13)10(9-19)7-16(17)20-15/h1-8H. The van der Waals surface area contributed by atoms with E-state index in [-0.39, 0.29) is 0 Å². The second kappa shape index (κ2) is 4.09. The van der Waals surface area contributed by atoms with E-state index in [1.165, 1.54) is 0 Å². The predicted molar refractivity (Wildman–Crippen MR) is 83.6 cm³/mol. The van der Waals surface area contributed by atoms with Gasteiger partial charge in [-0.2, -0.15) is 5.26 Å². The Bertz CT molecular complexity index is 1020. The minimum absolute atomic E-state index is 0.645. The molecule has 94 valence electrons. The normalized spacial score (nSPS) is 11.2. The van der Waals surface area contributed by atoms with Crippen LogP contribution in [0.15, 0.2) is 57.4 Å². The van der Waals surface area contributed by atoms with Crippen molar-refractivity contribution in [2.45, 2.75) is 0 Å². The topological polar surface area (TPSA) is 36.9 Å². The molecule has 0 aliphatic rings. The zero-order valence-corrected chi connectivity index (χ0v) is 11.9. The maximum atomic E-state index is 9.31. The van der Waals surface area contributed by atoms with Crippen LogP contribution >= 0.6 is 15.9 Å². The summed E-state index contributed by atoms with van der Waals surface area (Å²) in [4.78, 5) is 0. The monoisotopic (exact) mass is 321 g/mol. The van der Waals surface area contributed by atoms with E-state index in [1.807, 2.05) is 42.5 Å². The Morgan fingerprint density at radius 1 is 0.900 bits per heavy atom. The minimum atomic E-state index is 0.645. The molecular formula is C17H8BrNO. The smallest absolute Gasteiger partial charge is 0.137 e. The average molecular weight is 322 g/mol.